The highest BCUT2D eigenvalue weighted by Crippen LogP contribution is 2.19. The van der Waals surface area contributed by atoms with Crippen LogP contribution in [0.5, 0.6) is 0 Å². The Hall–Kier alpha value is 0.160. The molecule has 1 N–H and O–H groups in total. The number of hydrogen-bond donors (Lipinski definition) is 1. The summed E-state index contributed by atoms with van der Waals surface area (Å²) in [5.41, 5.74) is -0.596. The standard InChI is InChI=1S/C10H21ClN2O2S/c1-9-5-4-6-13(7-9)16(14,15)12-10(2,3)8-11/h9,12H,4-8H2,1-3H3. The molecule has 1 fully saturated rings. The zero-order valence-electron chi connectivity index (χ0n) is 10.2. The molecule has 1 saturated heterocycles. The third-order valence-corrected chi connectivity index (χ3v) is 5.19. The van der Waals surface area contributed by atoms with E-state index < -0.39 is 15.7 Å². The summed E-state index contributed by atoms with van der Waals surface area (Å²) in [7, 11) is -3.39. The summed E-state index contributed by atoms with van der Waals surface area (Å²) in [4.78, 5) is 0. The van der Waals surface area contributed by atoms with Gasteiger partial charge in [-0.25, -0.2) is 0 Å². The fourth-order valence-electron chi connectivity index (χ4n) is 1.81. The maximum atomic E-state index is 12.1. The molecule has 1 aliphatic heterocycles. The van der Waals surface area contributed by atoms with Gasteiger partial charge in [0.25, 0.3) is 10.2 Å². The minimum Gasteiger partial charge on any atom is -0.195 e. The van der Waals surface area contributed by atoms with Gasteiger partial charge in [0, 0.05) is 24.5 Å². The zero-order chi connectivity index (χ0) is 12.4. The highest BCUT2D eigenvalue weighted by Gasteiger charge is 2.31. The van der Waals surface area contributed by atoms with Crippen molar-refractivity contribution < 1.29 is 8.42 Å². The predicted molar refractivity (Wildman–Crippen MR) is 66.8 cm³/mol. The van der Waals surface area contributed by atoms with E-state index in [0.717, 1.165) is 12.8 Å². The van der Waals surface area contributed by atoms with Gasteiger partial charge in [-0.3, -0.25) is 0 Å². The fourth-order valence-corrected chi connectivity index (χ4v) is 3.67. The highest BCUT2D eigenvalue weighted by molar-refractivity contribution is 7.87. The molecule has 1 heterocycles. The lowest BCUT2D eigenvalue weighted by molar-refractivity contribution is 0.274. The van der Waals surface area contributed by atoms with Crippen LogP contribution in [0.4, 0.5) is 0 Å². The maximum Gasteiger partial charge on any atom is 0.279 e. The van der Waals surface area contributed by atoms with Crippen molar-refractivity contribution in [1.29, 1.82) is 0 Å². The fraction of sp³-hybridized carbons (Fsp3) is 1.00. The molecular weight excluding hydrogens is 248 g/mol. The van der Waals surface area contributed by atoms with Gasteiger partial charge in [-0.2, -0.15) is 17.4 Å². The summed E-state index contributed by atoms with van der Waals surface area (Å²) in [6.45, 7) is 6.86. The summed E-state index contributed by atoms with van der Waals surface area (Å²) in [5.74, 6) is 0.694. The first-order chi connectivity index (χ1) is 7.27. The quantitative estimate of drug-likeness (QED) is 0.787. The van der Waals surface area contributed by atoms with Gasteiger partial charge in [-0.1, -0.05) is 6.92 Å². The van der Waals surface area contributed by atoms with Crippen molar-refractivity contribution in [3.63, 3.8) is 0 Å². The van der Waals surface area contributed by atoms with Crippen molar-refractivity contribution >= 4 is 21.8 Å². The SMILES string of the molecule is CC1CCCN(S(=O)(=O)NC(C)(C)CCl)C1. The van der Waals surface area contributed by atoms with Gasteiger partial charge in [0.1, 0.15) is 0 Å². The van der Waals surface area contributed by atoms with Gasteiger partial charge >= 0.3 is 0 Å². The molecule has 4 nitrogen and oxygen atoms in total. The van der Waals surface area contributed by atoms with Gasteiger partial charge in [0.05, 0.1) is 0 Å². The average molecular weight is 269 g/mol. The first-order valence-corrected chi connectivity index (χ1v) is 7.59. The number of nitrogens with one attached hydrogen (secondary N) is 1. The predicted octanol–water partition coefficient (Wildman–Crippen LogP) is 1.57. The lowest BCUT2D eigenvalue weighted by Crippen LogP contribution is -2.53. The first-order valence-electron chi connectivity index (χ1n) is 5.62. The van der Waals surface area contributed by atoms with E-state index in [0.29, 0.717) is 19.0 Å². The van der Waals surface area contributed by atoms with Gasteiger partial charge in [0.2, 0.25) is 0 Å². The molecule has 0 radical (unpaired) electrons. The Morgan fingerprint density at radius 3 is 2.62 bits per heavy atom. The van der Waals surface area contributed by atoms with Crippen LogP contribution in [-0.2, 0) is 10.2 Å². The average Bonchev–Trinajstić information content (AvgIpc) is 2.16. The van der Waals surface area contributed by atoms with Crippen LogP contribution >= 0.6 is 11.6 Å². The summed E-state index contributed by atoms with van der Waals surface area (Å²) in [5, 5.41) is 0. The van der Waals surface area contributed by atoms with Crippen LogP contribution in [-0.4, -0.2) is 37.2 Å². The molecule has 16 heavy (non-hydrogen) atoms. The topological polar surface area (TPSA) is 49.4 Å². The lowest BCUT2D eigenvalue weighted by atomic mass is 10.0. The van der Waals surface area contributed by atoms with Crippen molar-refractivity contribution in [2.24, 2.45) is 5.92 Å². The van der Waals surface area contributed by atoms with E-state index >= 15 is 0 Å². The summed E-state index contributed by atoms with van der Waals surface area (Å²) >= 11 is 5.72. The summed E-state index contributed by atoms with van der Waals surface area (Å²) in [6, 6.07) is 0. The normalized spacial score (nSPS) is 24.6. The molecule has 6 heteroatoms. The molecule has 1 aliphatic rings. The molecule has 1 rings (SSSR count). The van der Waals surface area contributed by atoms with E-state index in [1.165, 1.54) is 4.31 Å². The van der Waals surface area contributed by atoms with Crippen LogP contribution in [0.25, 0.3) is 0 Å². The molecule has 1 atom stereocenters. The molecule has 0 aromatic carbocycles. The number of rotatable bonds is 4. The summed E-state index contributed by atoms with van der Waals surface area (Å²) < 4.78 is 28.3. The molecule has 0 aromatic rings. The zero-order valence-corrected chi connectivity index (χ0v) is 11.7. The monoisotopic (exact) mass is 268 g/mol. The van der Waals surface area contributed by atoms with E-state index in [9.17, 15) is 8.42 Å². The second-order valence-corrected chi connectivity index (χ2v) is 7.17. The molecule has 0 spiro atoms. The van der Waals surface area contributed by atoms with Gasteiger partial charge in [0.15, 0.2) is 0 Å². The smallest absolute Gasteiger partial charge is 0.195 e. The van der Waals surface area contributed by atoms with Crippen LogP contribution in [0.1, 0.15) is 33.6 Å². The Morgan fingerprint density at radius 1 is 1.50 bits per heavy atom. The molecule has 1 unspecified atom stereocenters. The van der Waals surface area contributed by atoms with E-state index in [1.807, 2.05) is 0 Å². The maximum absolute atomic E-state index is 12.1. The van der Waals surface area contributed by atoms with E-state index in [4.69, 9.17) is 11.6 Å². The van der Waals surface area contributed by atoms with Crippen LogP contribution < -0.4 is 4.72 Å². The number of hydrogen-bond acceptors (Lipinski definition) is 2. The Bertz CT molecular complexity index is 330. The van der Waals surface area contributed by atoms with Gasteiger partial charge in [-0.05, 0) is 32.6 Å². The molecule has 0 amide bonds. The van der Waals surface area contributed by atoms with Crippen molar-refractivity contribution in [2.45, 2.75) is 39.2 Å². The Kier molecular flexibility index (Phi) is 4.63. The highest BCUT2D eigenvalue weighted by atomic mass is 35.5. The van der Waals surface area contributed by atoms with Crippen LogP contribution in [0.3, 0.4) is 0 Å². The Balaban J connectivity index is 2.70. The molecule has 0 aliphatic carbocycles. The van der Waals surface area contributed by atoms with Crippen molar-refractivity contribution in [1.82, 2.24) is 9.03 Å². The van der Waals surface area contributed by atoms with Crippen LogP contribution in [0.2, 0.25) is 0 Å². The summed E-state index contributed by atoms with van der Waals surface area (Å²) in [6.07, 6.45) is 2.04. The van der Waals surface area contributed by atoms with E-state index in [2.05, 4.69) is 11.6 Å². The van der Waals surface area contributed by atoms with E-state index in [1.54, 1.807) is 13.8 Å². The third-order valence-electron chi connectivity index (χ3n) is 2.70. The number of halogens is 1. The van der Waals surface area contributed by atoms with Crippen molar-refractivity contribution in [2.75, 3.05) is 19.0 Å². The molecule has 0 bridgehead atoms. The number of alkyl halides is 1. The minimum absolute atomic E-state index is 0.260. The number of piperidine rings is 1. The molecule has 96 valence electrons. The second-order valence-electron chi connectivity index (χ2n) is 5.23. The largest absolute Gasteiger partial charge is 0.279 e. The molecule has 0 aromatic heterocycles. The number of nitrogens with zero attached hydrogens (tertiary/aromatic N) is 1. The second kappa shape index (κ2) is 5.21. The van der Waals surface area contributed by atoms with Crippen molar-refractivity contribution in [3.05, 3.63) is 0 Å². The van der Waals surface area contributed by atoms with Gasteiger partial charge in [-0.15, -0.1) is 11.6 Å². The van der Waals surface area contributed by atoms with Crippen molar-refractivity contribution in [3.8, 4) is 0 Å². The van der Waals surface area contributed by atoms with Gasteiger partial charge < -0.3 is 0 Å². The molecule has 0 saturated carbocycles. The van der Waals surface area contributed by atoms with Crippen LogP contribution in [0, 0.1) is 5.92 Å². The third kappa shape index (κ3) is 3.87. The Labute approximate surface area is 104 Å². The lowest BCUT2D eigenvalue weighted by Gasteiger charge is -2.33. The van der Waals surface area contributed by atoms with Crippen LogP contribution in [0.15, 0.2) is 0 Å². The minimum atomic E-state index is -3.39. The molecular formula is C10H21ClN2O2S. The Morgan fingerprint density at radius 2 is 2.12 bits per heavy atom. The first kappa shape index (κ1) is 14.2. The van der Waals surface area contributed by atoms with E-state index in [-0.39, 0.29) is 5.88 Å².